The largest absolute Gasteiger partial charge is 0.478 e. The Hall–Kier alpha value is -1.57. The van der Waals surface area contributed by atoms with E-state index in [1.54, 1.807) is 12.1 Å². The number of carboxylic acid groups (broad SMARTS) is 1. The summed E-state index contributed by atoms with van der Waals surface area (Å²) < 4.78 is 0. The van der Waals surface area contributed by atoms with Gasteiger partial charge >= 0.3 is 5.97 Å². The van der Waals surface area contributed by atoms with Crippen LogP contribution in [0.2, 0.25) is 0 Å². The zero-order chi connectivity index (χ0) is 10.7. The Labute approximate surface area is 89.2 Å². The average Bonchev–Trinajstić information content (AvgIpc) is 2.30. The van der Waals surface area contributed by atoms with Gasteiger partial charge in [-0.2, -0.15) is 0 Å². The molecule has 0 radical (unpaired) electrons. The smallest absolute Gasteiger partial charge is 0.335 e. The third-order valence-corrected chi connectivity index (χ3v) is 2.82. The second-order valence-electron chi connectivity index (χ2n) is 3.90. The molecular formula is C13H14O2. The first-order valence-corrected chi connectivity index (χ1v) is 5.27. The molecule has 2 nitrogen and oxygen atoms in total. The molecule has 0 amide bonds. The Morgan fingerprint density at radius 2 is 2.27 bits per heavy atom. The summed E-state index contributed by atoms with van der Waals surface area (Å²) in [6.45, 7) is 0. The van der Waals surface area contributed by atoms with Gasteiger partial charge in [0.25, 0.3) is 0 Å². The SMILES string of the molecule is O=C(O)c1cccc(C2C=CCCC2)c1. The lowest BCUT2D eigenvalue weighted by molar-refractivity contribution is 0.0697. The van der Waals surface area contributed by atoms with Crippen molar-refractivity contribution in [3.63, 3.8) is 0 Å². The normalized spacial score (nSPS) is 20.1. The van der Waals surface area contributed by atoms with E-state index in [4.69, 9.17) is 5.11 Å². The van der Waals surface area contributed by atoms with E-state index in [1.165, 1.54) is 6.42 Å². The number of rotatable bonds is 2. The molecule has 0 aliphatic heterocycles. The van der Waals surface area contributed by atoms with Gasteiger partial charge in [0, 0.05) is 5.92 Å². The van der Waals surface area contributed by atoms with E-state index < -0.39 is 5.97 Å². The summed E-state index contributed by atoms with van der Waals surface area (Å²) in [6, 6.07) is 7.25. The minimum absolute atomic E-state index is 0.381. The highest BCUT2D eigenvalue weighted by Crippen LogP contribution is 2.27. The third-order valence-electron chi connectivity index (χ3n) is 2.82. The fraction of sp³-hybridized carbons (Fsp3) is 0.308. The van der Waals surface area contributed by atoms with Gasteiger partial charge in [-0.15, -0.1) is 0 Å². The lowest BCUT2D eigenvalue weighted by Gasteiger charge is -2.16. The molecule has 1 aliphatic rings. The molecule has 0 fully saturated rings. The molecule has 0 spiro atoms. The van der Waals surface area contributed by atoms with E-state index in [9.17, 15) is 4.79 Å². The predicted octanol–water partition coefficient (Wildman–Crippen LogP) is 3.21. The molecule has 78 valence electrons. The van der Waals surface area contributed by atoms with Crippen LogP contribution < -0.4 is 0 Å². The number of benzene rings is 1. The van der Waals surface area contributed by atoms with Crippen LogP contribution in [0.25, 0.3) is 0 Å². The molecule has 0 aromatic heterocycles. The number of carbonyl (C=O) groups is 1. The van der Waals surface area contributed by atoms with Gasteiger partial charge in [-0.05, 0) is 37.0 Å². The second kappa shape index (κ2) is 4.30. The molecule has 1 aromatic carbocycles. The van der Waals surface area contributed by atoms with E-state index in [0.717, 1.165) is 18.4 Å². The Morgan fingerprint density at radius 3 is 2.93 bits per heavy atom. The van der Waals surface area contributed by atoms with E-state index >= 15 is 0 Å². The van der Waals surface area contributed by atoms with Gasteiger partial charge in [-0.1, -0.05) is 24.3 Å². The van der Waals surface area contributed by atoms with Gasteiger partial charge in [0.05, 0.1) is 5.56 Å². The molecule has 0 heterocycles. The van der Waals surface area contributed by atoms with Crippen molar-refractivity contribution in [2.24, 2.45) is 0 Å². The molecule has 1 unspecified atom stereocenters. The number of carboxylic acids is 1. The van der Waals surface area contributed by atoms with Crippen LogP contribution in [0.3, 0.4) is 0 Å². The number of aromatic carboxylic acids is 1. The second-order valence-corrected chi connectivity index (χ2v) is 3.90. The minimum Gasteiger partial charge on any atom is -0.478 e. The molecule has 1 aromatic rings. The Balaban J connectivity index is 2.27. The molecule has 0 saturated heterocycles. The molecule has 1 aliphatic carbocycles. The standard InChI is InChI=1S/C13H14O2/c14-13(15)12-8-4-7-11(9-12)10-5-2-1-3-6-10/h2,4-5,7-10H,1,3,6H2,(H,14,15). The maximum absolute atomic E-state index is 10.8. The summed E-state index contributed by atoms with van der Waals surface area (Å²) in [5.41, 5.74) is 1.50. The van der Waals surface area contributed by atoms with Gasteiger partial charge in [0.2, 0.25) is 0 Å². The summed E-state index contributed by atoms with van der Waals surface area (Å²) >= 11 is 0. The van der Waals surface area contributed by atoms with E-state index in [1.807, 2.05) is 12.1 Å². The first kappa shape index (κ1) is 9.97. The maximum Gasteiger partial charge on any atom is 0.335 e. The van der Waals surface area contributed by atoms with Crippen molar-refractivity contribution < 1.29 is 9.90 Å². The highest BCUT2D eigenvalue weighted by molar-refractivity contribution is 5.87. The summed E-state index contributed by atoms with van der Waals surface area (Å²) in [7, 11) is 0. The zero-order valence-corrected chi connectivity index (χ0v) is 8.52. The molecule has 1 N–H and O–H groups in total. The first-order chi connectivity index (χ1) is 7.27. The van der Waals surface area contributed by atoms with Crippen LogP contribution in [0.1, 0.15) is 41.1 Å². The van der Waals surface area contributed by atoms with Gasteiger partial charge in [0.15, 0.2) is 0 Å². The van der Waals surface area contributed by atoms with Crippen molar-refractivity contribution in [3.8, 4) is 0 Å². The Kier molecular flexibility index (Phi) is 2.86. The van der Waals surface area contributed by atoms with Crippen molar-refractivity contribution in [2.75, 3.05) is 0 Å². The van der Waals surface area contributed by atoms with Gasteiger partial charge < -0.3 is 5.11 Å². The fourth-order valence-corrected chi connectivity index (χ4v) is 1.99. The number of hydrogen-bond donors (Lipinski definition) is 1. The predicted molar refractivity (Wildman–Crippen MR) is 59.1 cm³/mol. The third kappa shape index (κ3) is 2.27. The summed E-state index contributed by atoms with van der Waals surface area (Å²) in [5.74, 6) is -0.449. The molecule has 2 heteroatoms. The van der Waals surface area contributed by atoms with E-state index in [2.05, 4.69) is 12.2 Å². The molecular weight excluding hydrogens is 188 g/mol. The van der Waals surface area contributed by atoms with Gasteiger partial charge in [-0.3, -0.25) is 0 Å². The van der Waals surface area contributed by atoms with Crippen molar-refractivity contribution >= 4 is 5.97 Å². The highest BCUT2D eigenvalue weighted by atomic mass is 16.4. The van der Waals surface area contributed by atoms with Crippen molar-refractivity contribution in [3.05, 3.63) is 47.5 Å². The molecule has 0 saturated carbocycles. The lowest BCUT2D eigenvalue weighted by atomic mass is 9.88. The molecule has 15 heavy (non-hydrogen) atoms. The average molecular weight is 202 g/mol. The maximum atomic E-state index is 10.8. The van der Waals surface area contributed by atoms with Crippen LogP contribution in [0, 0.1) is 0 Å². The summed E-state index contributed by atoms with van der Waals surface area (Å²) in [6.07, 6.45) is 7.83. The summed E-state index contributed by atoms with van der Waals surface area (Å²) in [4.78, 5) is 10.8. The van der Waals surface area contributed by atoms with Crippen LogP contribution in [0.5, 0.6) is 0 Å². The topological polar surface area (TPSA) is 37.3 Å². The van der Waals surface area contributed by atoms with Crippen LogP contribution in [-0.2, 0) is 0 Å². The van der Waals surface area contributed by atoms with Crippen molar-refractivity contribution in [2.45, 2.75) is 25.2 Å². The van der Waals surface area contributed by atoms with Crippen LogP contribution in [0.15, 0.2) is 36.4 Å². The van der Waals surface area contributed by atoms with E-state index in [0.29, 0.717) is 11.5 Å². The zero-order valence-electron chi connectivity index (χ0n) is 8.52. The van der Waals surface area contributed by atoms with Crippen molar-refractivity contribution in [1.82, 2.24) is 0 Å². The number of hydrogen-bond acceptors (Lipinski definition) is 1. The van der Waals surface area contributed by atoms with Gasteiger partial charge in [0.1, 0.15) is 0 Å². The van der Waals surface area contributed by atoms with Gasteiger partial charge in [-0.25, -0.2) is 4.79 Å². The van der Waals surface area contributed by atoms with Crippen molar-refractivity contribution in [1.29, 1.82) is 0 Å². The number of allylic oxidation sites excluding steroid dienone is 2. The minimum atomic E-state index is -0.850. The monoisotopic (exact) mass is 202 g/mol. The Morgan fingerprint density at radius 1 is 1.40 bits per heavy atom. The first-order valence-electron chi connectivity index (χ1n) is 5.27. The molecule has 2 rings (SSSR count). The van der Waals surface area contributed by atoms with E-state index in [-0.39, 0.29) is 0 Å². The highest BCUT2D eigenvalue weighted by Gasteiger charge is 2.12. The lowest BCUT2D eigenvalue weighted by Crippen LogP contribution is -2.02. The van der Waals surface area contributed by atoms with Crippen LogP contribution in [-0.4, -0.2) is 11.1 Å². The van der Waals surface area contributed by atoms with Crippen LogP contribution in [0.4, 0.5) is 0 Å². The summed E-state index contributed by atoms with van der Waals surface area (Å²) in [5, 5.41) is 8.89. The molecule has 0 bridgehead atoms. The van der Waals surface area contributed by atoms with Crippen LogP contribution >= 0.6 is 0 Å². The Bertz CT molecular complexity index is 393. The quantitative estimate of drug-likeness (QED) is 0.748. The fourth-order valence-electron chi connectivity index (χ4n) is 1.99. The molecule has 1 atom stereocenters.